The van der Waals surface area contributed by atoms with Gasteiger partial charge in [-0.05, 0) is 36.2 Å². The topological polar surface area (TPSA) is 91.6 Å². The number of hydrogen-bond donors (Lipinski definition) is 3. The molecule has 0 radical (unpaired) electrons. The smallest absolute Gasteiger partial charge is 0.313 e. The highest BCUT2D eigenvalue weighted by molar-refractivity contribution is 6.39. The number of carbonyl (C=O) groups is 2. The molecule has 1 aromatic heterocycles. The fraction of sp³-hybridized carbons (Fsp3) is 0.250. The van der Waals surface area contributed by atoms with Crippen LogP contribution in [0, 0.1) is 0 Å². The van der Waals surface area contributed by atoms with Crippen molar-refractivity contribution in [1.29, 1.82) is 0 Å². The number of amides is 2. The lowest BCUT2D eigenvalue weighted by Gasteiger charge is -2.13. The van der Waals surface area contributed by atoms with Gasteiger partial charge in [-0.15, -0.1) is 0 Å². The predicted molar refractivity (Wildman–Crippen MR) is 81.1 cm³/mol. The van der Waals surface area contributed by atoms with Crippen LogP contribution in [-0.2, 0) is 16.0 Å². The second kappa shape index (κ2) is 7.42. The zero-order valence-electron chi connectivity index (χ0n) is 12.2. The van der Waals surface area contributed by atoms with Crippen LogP contribution in [0.4, 0.5) is 5.69 Å². The molecule has 0 saturated carbocycles. The summed E-state index contributed by atoms with van der Waals surface area (Å²) in [6, 6.07) is 9.73. The van der Waals surface area contributed by atoms with Crippen molar-refractivity contribution in [1.82, 2.24) is 5.32 Å². The number of aliphatic hydroxyl groups is 1. The van der Waals surface area contributed by atoms with Crippen LogP contribution in [0.2, 0.25) is 0 Å². The van der Waals surface area contributed by atoms with Gasteiger partial charge in [0.1, 0.15) is 11.8 Å². The Bertz CT molecular complexity index is 620. The fourth-order valence-corrected chi connectivity index (χ4v) is 1.93. The van der Waals surface area contributed by atoms with Crippen molar-refractivity contribution in [3.8, 4) is 0 Å². The zero-order chi connectivity index (χ0) is 15.9. The third-order valence-electron chi connectivity index (χ3n) is 3.20. The van der Waals surface area contributed by atoms with Gasteiger partial charge in [-0.25, -0.2) is 0 Å². The number of furan rings is 1. The predicted octanol–water partition coefficient (Wildman–Crippen LogP) is 1.63. The van der Waals surface area contributed by atoms with Gasteiger partial charge in [-0.3, -0.25) is 9.59 Å². The van der Waals surface area contributed by atoms with Gasteiger partial charge >= 0.3 is 11.8 Å². The molecule has 2 rings (SSSR count). The molecule has 0 aliphatic heterocycles. The van der Waals surface area contributed by atoms with Crippen LogP contribution in [0.3, 0.4) is 0 Å². The third kappa shape index (κ3) is 3.95. The molecule has 1 aromatic carbocycles. The van der Waals surface area contributed by atoms with Crippen LogP contribution in [0.1, 0.15) is 24.3 Å². The molecule has 116 valence electrons. The van der Waals surface area contributed by atoms with Gasteiger partial charge in [0.25, 0.3) is 0 Å². The lowest BCUT2D eigenvalue weighted by atomic mass is 10.1. The first-order chi connectivity index (χ1) is 10.6. The summed E-state index contributed by atoms with van der Waals surface area (Å²) >= 11 is 0. The summed E-state index contributed by atoms with van der Waals surface area (Å²) in [7, 11) is 0. The van der Waals surface area contributed by atoms with Gasteiger partial charge in [-0.2, -0.15) is 0 Å². The molecule has 3 N–H and O–H groups in total. The maximum absolute atomic E-state index is 11.9. The Hall–Kier alpha value is -2.60. The average Bonchev–Trinajstić information content (AvgIpc) is 3.07. The molecule has 2 amide bonds. The fourth-order valence-electron chi connectivity index (χ4n) is 1.93. The second-order valence-corrected chi connectivity index (χ2v) is 4.73. The van der Waals surface area contributed by atoms with Gasteiger partial charge in [0, 0.05) is 5.69 Å². The highest BCUT2D eigenvalue weighted by atomic mass is 16.3. The van der Waals surface area contributed by atoms with Crippen LogP contribution in [0.5, 0.6) is 0 Å². The molecular weight excluding hydrogens is 284 g/mol. The standard InChI is InChI=1S/C16H18N2O4/c1-2-11-5-7-12(8-6-11)17-15(20)16(21)18-13(10-19)14-4-3-9-22-14/h3-9,13,19H,2,10H2,1H3,(H,17,20)(H,18,21). The molecule has 2 aromatic rings. The monoisotopic (exact) mass is 302 g/mol. The summed E-state index contributed by atoms with van der Waals surface area (Å²) in [5.41, 5.74) is 1.68. The first-order valence-corrected chi connectivity index (χ1v) is 6.99. The van der Waals surface area contributed by atoms with Crippen molar-refractivity contribution in [3.63, 3.8) is 0 Å². The van der Waals surface area contributed by atoms with Crippen molar-refractivity contribution in [2.75, 3.05) is 11.9 Å². The molecule has 0 spiro atoms. The third-order valence-corrected chi connectivity index (χ3v) is 3.20. The van der Waals surface area contributed by atoms with Crippen LogP contribution in [-0.4, -0.2) is 23.5 Å². The lowest BCUT2D eigenvalue weighted by molar-refractivity contribution is -0.136. The van der Waals surface area contributed by atoms with Gasteiger partial charge in [0.2, 0.25) is 0 Å². The normalized spacial score (nSPS) is 11.7. The van der Waals surface area contributed by atoms with Gasteiger partial charge in [0.05, 0.1) is 12.9 Å². The minimum Gasteiger partial charge on any atom is -0.467 e. The summed E-state index contributed by atoms with van der Waals surface area (Å²) in [6.45, 7) is 1.67. The summed E-state index contributed by atoms with van der Waals surface area (Å²) < 4.78 is 5.10. The van der Waals surface area contributed by atoms with Gasteiger partial charge < -0.3 is 20.2 Å². The van der Waals surface area contributed by atoms with Crippen LogP contribution in [0.15, 0.2) is 47.1 Å². The summed E-state index contributed by atoms with van der Waals surface area (Å²) in [5, 5.41) is 14.2. The minimum atomic E-state index is -0.838. The maximum atomic E-state index is 11.9. The molecule has 0 aliphatic carbocycles. The zero-order valence-corrected chi connectivity index (χ0v) is 12.2. The van der Waals surface area contributed by atoms with Gasteiger partial charge in [0.15, 0.2) is 0 Å². The first kappa shape index (κ1) is 15.8. The second-order valence-electron chi connectivity index (χ2n) is 4.73. The Balaban J connectivity index is 1.95. The molecule has 22 heavy (non-hydrogen) atoms. The molecule has 6 heteroatoms. The Morgan fingerprint density at radius 2 is 1.91 bits per heavy atom. The Morgan fingerprint density at radius 3 is 2.45 bits per heavy atom. The van der Waals surface area contributed by atoms with E-state index in [0.29, 0.717) is 11.4 Å². The number of anilines is 1. The number of benzene rings is 1. The number of aliphatic hydroxyl groups excluding tert-OH is 1. The van der Waals surface area contributed by atoms with Crippen molar-refractivity contribution in [2.24, 2.45) is 0 Å². The molecule has 6 nitrogen and oxygen atoms in total. The van der Waals surface area contributed by atoms with E-state index in [2.05, 4.69) is 10.6 Å². The highest BCUT2D eigenvalue weighted by Crippen LogP contribution is 2.13. The Labute approximate surface area is 128 Å². The Kier molecular flexibility index (Phi) is 5.32. The molecule has 0 fully saturated rings. The molecular formula is C16H18N2O4. The van der Waals surface area contributed by atoms with Crippen LogP contribution >= 0.6 is 0 Å². The van der Waals surface area contributed by atoms with E-state index in [4.69, 9.17) is 4.42 Å². The SMILES string of the molecule is CCc1ccc(NC(=O)C(=O)NC(CO)c2ccco2)cc1. The Morgan fingerprint density at radius 1 is 1.18 bits per heavy atom. The average molecular weight is 302 g/mol. The summed E-state index contributed by atoms with van der Waals surface area (Å²) in [4.78, 5) is 23.7. The minimum absolute atomic E-state index is 0.363. The summed E-state index contributed by atoms with van der Waals surface area (Å²) in [5.74, 6) is -1.25. The van der Waals surface area contributed by atoms with Crippen molar-refractivity contribution in [2.45, 2.75) is 19.4 Å². The molecule has 0 saturated heterocycles. The van der Waals surface area contributed by atoms with Crippen molar-refractivity contribution >= 4 is 17.5 Å². The van der Waals surface area contributed by atoms with E-state index in [0.717, 1.165) is 12.0 Å². The van der Waals surface area contributed by atoms with E-state index in [1.165, 1.54) is 6.26 Å². The van der Waals surface area contributed by atoms with Crippen molar-refractivity contribution in [3.05, 3.63) is 54.0 Å². The molecule has 0 bridgehead atoms. The van der Waals surface area contributed by atoms with Crippen molar-refractivity contribution < 1.29 is 19.1 Å². The van der Waals surface area contributed by atoms with E-state index in [1.54, 1.807) is 24.3 Å². The number of hydrogen-bond acceptors (Lipinski definition) is 4. The van der Waals surface area contributed by atoms with E-state index >= 15 is 0 Å². The number of aryl methyl sites for hydroxylation is 1. The quantitative estimate of drug-likeness (QED) is 0.732. The maximum Gasteiger partial charge on any atom is 0.313 e. The lowest BCUT2D eigenvalue weighted by Crippen LogP contribution is -2.38. The number of nitrogens with one attached hydrogen (secondary N) is 2. The van der Waals surface area contributed by atoms with E-state index in [1.807, 2.05) is 19.1 Å². The van der Waals surface area contributed by atoms with E-state index < -0.39 is 17.9 Å². The molecule has 1 heterocycles. The van der Waals surface area contributed by atoms with E-state index in [9.17, 15) is 14.7 Å². The summed E-state index contributed by atoms with van der Waals surface area (Å²) in [6.07, 6.45) is 2.33. The number of carbonyl (C=O) groups excluding carboxylic acids is 2. The van der Waals surface area contributed by atoms with Gasteiger partial charge in [-0.1, -0.05) is 19.1 Å². The molecule has 1 atom stereocenters. The highest BCUT2D eigenvalue weighted by Gasteiger charge is 2.21. The molecule has 0 aliphatic rings. The number of rotatable bonds is 5. The molecule has 1 unspecified atom stereocenters. The van der Waals surface area contributed by atoms with E-state index in [-0.39, 0.29) is 6.61 Å². The first-order valence-electron chi connectivity index (χ1n) is 6.99. The largest absolute Gasteiger partial charge is 0.467 e. The van der Waals surface area contributed by atoms with Crippen LogP contribution in [0.25, 0.3) is 0 Å². The van der Waals surface area contributed by atoms with Crippen LogP contribution < -0.4 is 10.6 Å².